The van der Waals surface area contributed by atoms with Crippen molar-refractivity contribution >= 4 is 11.8 Å². The highest BCUT2D eigenvalue weighted by Crippen LogP contribution is 2.35. The van der Waals surface area contributed by atoms with Gasteiger partial charge in [0, 0.05) is 12.0 Å². The number of carboxylic acids is 1. The van der Waals surface area contributed by atoms with E-state index < -0.39 is 5.97 Å². The Morgan fingerprint density at radius 2 is 1.60 bits per heavy atom. The van der Waals surface area contributed by atoms with E-state index in [2.05, 4.69) is 19.9 Å². The third kappa shape index (κ3) is 6.36. The van der Waals surface area contributed by atoms with Crippen LogP contribution in [0.15, 0.2) is 24.3 Å². The number of Topliss-reactive ketones (excluding diaryl/α,β-unsaturated/α-hetero) is 1. The molecule has 190 valence electrons. The number of methoxy groups -OCH3 is 1. The molecule has 1 aliphatic rings. The van der Waals surface area contributed by atoms with Gasteiger partial charge in [0.2, 0.25) is 0 Å². The second kappa shape index (κ2) is 12.6. The highest BCUT2D eigenvalue weighted by molar-refractivity contribution is 5.97. The fourth-order valence-electron chi connectivity index (χ4n) is 4.92. The molecular weight excluding hydrogens is 444 g/mol. The maximum absolute atomic E-state index is 12.0. The predicted molar refractivity (Wildman–Crippen MR) is 136 cm³/mol. The average Bonchev–Trinajstić information content (AvgIpc) is 2.85. The Morgan fingerprint density at radius 1 is 0.971 bits per heavy atom. The standard InChI is InChI=1S/C29H38O6/c1-5-8-23-25-18-21(29(31)32)11-10-20(25)12-14-26(23)34-16-7-17-35-27-15-13-22(19(3)30)28(33-4)24(27)9-6-2/h12-15,21H,5-11,16-18H2,1-4H3,(H,31,32). The van der Waals surface area contributed by atoms with Gasteiger partial charge in [-0.1, -0.05) is 32.8 Å². The molecule has 0 saturated carbocycles. The van der Waals surface area contributed by atoms with Crippen molar-refractivity contribution in [1.29, 1.82) is 0 Å². The number of carbonyl (C=O) groups is 2. The van der Waals surface area contributed by atoms with Gasteiger partial charge in [0.15, 0.2) is 5.78 Å². The van der Waals surface area contributed by atoms with Crippen LogP contribution >= 0.6 is 0 Å². The van der Waals surface area contributed by atoms with Gasteiger partial charge in [-0.15, -0.1) is 0 Å². The van der Waals surface area contributed by atoms with Crippen LogP contribution in [-0.4, -0.2) is 37.2 Å². The van der Waals surface area contributed by atoms with Crippen LogP contribution in [0.5, 0.6) is 17.2 Å². The molecular formula is C29H38O6. The van der Waals surface area contributed by atoms with Gasteiger partial charge in [-0.05, 0) is 73.9 Å². The molecule has 0 aromatic heterocycles. The van der Waals surface area contributed by atoms with Crippen molar-refractivity contribution in [1.82, 2.24) is 0 Å². The lowest BCUT2D eigenvalue weighted by Crippen LogP contribution is -2.23. The molecule has 0 fully saturated rings. The van der Waals surface area contributed by atoms with Gasteiger partial charge in [0.05, 0.1) is 31.8 Å². The zero-order valence-electron chi connectivity index (χ0n) is 21.4. The lowest BCUT2D eigenvalue weighted by atomic mass is 9.80. The second-order valence-corrected chi connectivity index (χ2v) is 9.19. The molecule has 0 aliphatic heterocycles. The zero-order chi connectivity index (χ0) is 25.4. The van der Waals surface area contributed by atoms with Crippen LogP contribution in [0.1, 0.15) is 79.1 Å². The van der Waals surface area contributed by atoms with Crippen molar-refractivity contribution in [3.05, 3.63) is 52.1 Å². The quantitative estimate of drug-likeness (QED) is 0.285. The lowest BCUT2D eigenvalue weighted by molar-refractivity contribution is -0.142. The van der Waals surface area contributed by atoms with E-state index in [-0.39, 0.29) is 11.7 Å². The summed E-state index contributed by atoms with van der Waals surface area (Å²) in [5.41, 5.74) is 5.09. The Hall–Kier alpha value is -3.02. The summed E-state index contributed by atoms with van der Waals surface area (Å²) in [6, 6.07) is 7.75. The summed E-state index contributed by atoms with van der Waals surface area (Å²) in [4.78, 5) is 23.5. The number of ether oxygens (including phenoxy) is 3. The van der Waals surface area contributed by atoms with Gasteiger partial charge in [-0.2, -0.15) is 0 Å². The maximum Gasteiger partial charge on any atom is 0.306 e. The van der Waals surface area contributed by atoms with E-state index in [4.69, 9.17) is 14.2 Å². The number of rotatable bonds is 13. The van der Waals surface area contributed by atoms with Crippen molar-refractivity contribution in [3.63, 3.8) is 0 Å². The maximum atomic E-state index is 12.0. The molecule has 2 aromatic rings. The largest absolute Gasteiger partial charge is 0.496 e. The average molecular weight is 483 g/mol. The molecule has 1 N–H and O–H groups in total. The molecule has 0 radical (unpaired) electrons. The zero-order valence-corrected chi connectivity index (χ0v) is 21.4. The van der Waals surface area contributed by atoms with Crippen molar-refractivity contribution < 1.29 is 28.9 Å². The van der Waals surface area contributed by atoms with Crippen LogP contribution in [-0.2, 0) is 30.5 Å². The van der Waals surface area contributed by atoms with Gasteiger partial charge in [-0.3, -0.25) is 9.59 Å². The summed E-state index contributed by atoms with van der Waals surface area (Å²) in [6.45, 7) is 6.75. The van der Waals surface area contributed by atoms with E-state index in [9.17, 15) is 14.7 Å². The smallest absolute Gasteiger partial charge is 0.306 e. The predicted octanol–water partition coefficient (Wildman–Crippen LogP) is 5.84. The molecule has 1 unspecified atom stereocenters. The van der Waals surface area contributed by atoms with E-state index in [1.165, 1.54) is 11.1 Å². The first-order valence-corrected chi connectivity index (χ1v) is 12.7. The van der Waals surface area contributed by atoms with Crippen LogP contribution < -0.4 is 14.2 Å². The Labute approximate surface area is 208 Å². The molecule has 35 heavy (non-hydrogen) atoms. The minimum atomic E-state index is -0.711. The first-order valence-electron chi connectivity index (χ1n) is 12.7. The van der Waals surface area contributed by atoms with Gasteiger partial charge < -0.3 is 19.3 Å². The monoisotopic (exact) mass is 482 g/mol. The van der Waals surface area contributed by atoms with Gasteiger partial charge in [0.25, 0.3) is 0 Å². The number of hydrogen-bond acceptors (Lipinski definition) is 5. The van der Waals surface area contributed by atoms with E-state index in [0.717, 1.165) is 54.7 Å². The van der Waals surface area contributed by atoms with Crippen LogP contribution in [0.25, 0.3) is 0 Å². The number of hydrogen-bond donors (Lipinski definition) is 1. The third-order valence-corrected chi connectivity index (χ3v) is 6.65. The van der Waals surface area contributed by atoms with Crippen molar-refractivity contribution in [2.24, 2.45) is 5.92 Å². The molecule has 0 spiro atoms. The first-order chi connectivity index (χ1) is 16.9. The molecule has 1 atom stereocenters. The number of benzene rings is 2. The van der Waals surface area contributed by atoms with Gasteiger partial charge in [0.1, 0.15) is 17.2 Å². The summed E-state index contributed by atoms with van der Waals surface area (Å²) in [5.74, 6) is 1.15. The summed E-state index contributed by atoms with van der Waals surface area (Å²) in [6.07, 6.45) is 6.32. The van der Waals surface area contributed by atoms with Gasteiger partial charge >= 0.3 is 5.97 Å². The van der Waals surface area contributed by atoms with Crippen LogP contribution in [0, 0.1) is 5.92 Å². The van der Waals surface area contributed by atoms with Crippen molar-refractivity contribution in [2.75, 3.05) is 20.3 Å². The number of fused-ring (bicyclic) bond motifs is 1. The lowest BCUT2D eigenvalue weighted by Gasteiger charge is -2.26. The minimum Gasteiger partial charge on any atom is -0.496 e. The summed E-state index contributed by atoms with van der Waals surface area (Å²) in [7, 11) is 1.59. The number of ketones is 1. The van der Waals surface area contributed by atoms with Gasteiger partial charge in [-0.25, -0.2) is 0 Å². The Balaban J connectivity index is 1.65. The van der Waals surface area contributed by atoms with Crippen LogP contribution in [0.2, 0.25) is 0 Å². The van der Waals surface area contributed by atoms with Crippen molar-refractivity contribution in [3.8, 4) is 17.2 Å². The Morgan fingerprint density at radius 3 is 2.20 bits per heavy atom. The summed E-state index contributed by atoms with van der Waals surface area (Å²) >= 11 is 0. The molecule has 0 heterocycles. The Bertz CT molecular complexity index is 1040. The van der Waals surface area contributed by atoms with E-state index in [1.54, 1.807) is 20.1 Å². The number of aliphatic carboxylic acids is 1. The van der Waals surface area contributed by atoms with E-state index >= 15 is 0 Å². The molecule has 3 rings (SSSR count). The molecule has 0 bridgehead atoms. The molecule has 6 nitrogen and oxygen atoms in total. The summed E-state index contributed by atoms with van der Waals surface area (Å²) in [5, 5.41) is 9.51. The third-order valence-electron chi connectivity index (χ3n) is 6.65. The highest BCUT2D eigenvalue weighted by Gasteiger charge is 2.27. The first kappa shape index (κ1) is 26.6. The topological polar surface area (TPSA) is 82.1 Å². The normalized spacial score (nSPS) is 14.8. The molecule has 1 aliphatic carbocycles. The molecule has 6 heteroatoms. The van der Waals surface area contributed by atoms with E-state index in [0.29, 0.717) is 43.8 Å². The highest BCUT2D eigenvalue weighted by atomic mass is 16.5. The number of carboxylic acid groups (broad SMARTS) is 1. The van der Waals surface area contributed by atoms with Crippen LogP contribution in [0.3, 0.4) is 0 Å². The fraction of sp³-hybridized carbons (Fsp3) is 0.517. The molecule has 0 saturated heterocycles. The summed E-state index contributed by atoms with van der Waals surface area (Å²) < 4.78 is 17.8. The fourth-order valence-corrected chi connectivity index (χ4v) is 4.92. The van der Waals surface area contributed by atoms with Crippen molar-refractivity contribution in [2.45, 2.75) is 72.1 Å². The molecule has 2 aromatic carbocycles. The Kier molecular flexibility index (Phi) is 9.58. The minimum absolute atomic E-state index is 0.0261. The number of carbonyl (C=O) groups excluding carboxylic acids is 1. The van der Waals surface area contributed by atoms with Crippen LogP contribution in [0.4, 0.5) is 0 Å². The SMILES string of the molecule is CCCc1c(OCCCOc2ccc(C(C)=O)c(OC)c2CCC)ccc2c1CC(C(=O)O)CC2. The second-order valence-electron chi connectivity index (χ2n) is 9.19. The van der Waals surface area contributed by atoms with E-state index in [1.807, 2.05) is 12.1 Å². The molecule has 0 amide bonds. The number of aryl methyl sites for hydroxylation is 1.